The van der Waals surface area contributed by atoms with E-state index in [1.54, 1.807) is 0 Å². The van der Waals surface area contributed by atoms with E-state index in [-0.39, 0.29) is 9.04 Å². The zero-order valence-electron chi connectivity index (χ0n) is 9.91. The van der Waals surface area contributed by atoms with Crippen LogP contribution in [-0.4, -0.2) is 19.8 Å². The van der Waals surface area contributed by atoms with Crippen molar-refractivity contribution in [3.05, 3.63) is 14.9 Å². The molecule has 1 aromatic rings. The number of nitrogens with one attached hydrogen (secondary N) is 1. The maximum Gasteiger partial charge on any atom is 0.250 e. The lowest BCUT2D eigenvalue weighted by Gasteiger charge is -2.12. The molecular weight excluding hydrogens is 426 g/mol. The summed E-state index contributed by atoms with van der Waals surface area (Å²) < 4.78 is 27.4. The second kappa shape index (κ2) is 7.04. The van der Waals surface area contributed by atoms with Gasteiger partial charge in [-0.05, 0) is 34.3 Å². The highest BCUT2D eigenvalue weighted by Crippen LogP contribution is 2.34. The Bertz CT molecular complexity index is 482. The zero-order chi connectivity index (χ0) is 13.9. The molecule has 0 aromatic carbocycles. The molecule has 0 amide bonds. The molecule has 0 saturated heterocycles. The van der Waals surface area contributed by atoms with Crippen LogP contribution in [0.5, 0.6) is 0 Å². The number of alkyl halides is 1. The Morgan fingerprint density at radius 2 is 2.11 bits per heavy atom. The van der Waals surface area contributed by atoms with E-state index in [0.29, 0.717) is 21.3 Å². The van der Waals surface area contributed by atoms with Crippen LogP contribution < -0.4 is 4.72 Å². The van der Waals surface area contributed by atoms with Gasteiger partial charge in [0.25, 0.3) is 0 Å². The molecule has 1 atom stereocenters. The third kappa shape index (κ3) is 5.09. The summed E-state index contributed by atoms with van der Waals surface area (Å²) in [6.45, 7) is 4.56. The fourth-order valence-electron chi connectivity index (χ4n) is 1.33. The lowest BCUT2D eigenvalue weighted by Crippen LogP contribution is -2.29. The predicted molar refractivity (Wildman–Crippen MR) is 84.4 cm³/mol. The third-order valence-corrected chi connectivity index (χ3v) is 7.18. The highest BCUT2D eigenvalue weighted by atomic mass is 79.9. The molecule has 1 N–H and O–H groups in total. The fourth-order valence-corrected chi connectivity index (χ4v) is 5.97. The van der Waals surface area contributed by atoms with Crippen molar-refractivity contribution in [2.45, 2.75) is 29.3 Å². The fraction of sp³-hybridized carbons (Fsp3) is 0.600. The minimum Gasteiger partial charge on any atom is -0.209 e. The molecule has 0 aliphatic carbocycles. The highest BCUT2D eigenvalue weighted by molar-refractivity contribution is 9.11. The van der Waals surface area contributed by atoms with Gasteiger partial charge in [0, 0.05) is 11.4 Å². The Morgan fingerprint density at radius 1 is 1.50 bits per heavy atom. The molecule has 0 radical (unpaired) electrons. The van der Waals surface area contributed by atoms with Gasteiger partial charge in [0.15, 0.2) is 0 Å². The summed E-state index contributed by atoms with van der Waals surface area (Å²) in [5, 5.41) is 0.415. The van der Waals surface area contributed by atoms with E-state index in [2.05, 4.69) is 50.4 Å². The average Bonchev–Trinajstić information content (AvgIpc) is 2.56. The molecule has 0 saturated carbocycles. The van der Waals surface area contributed by atoms with E-state index < -0.39 is 10.0 Å². The molecule has 1 aromatic heterocycles. The zero-order valence-corrected chi connectivity index (χ0v) is 15.5. The smallest absolute Gasteiger partial charge is 0.209 e. The molecule has 1 unspecified atom stereocenters. The van der Waals surface area contributed by atoms with Gasteiger partial charge in [-0.1, -0.05) is 41.4 Å². The van der Waals surface area contributed by atoms with Crippen molar-refractivity contribution >= 4 is 64.8 Å². The molecule has 0 aliphatic rings. The molecule has 1 rings (SSSR count). The van der Waals surface area contributed by atoms with E-state index in [4.69, 9.17) is 11.6 Å². The van der Waals surface area contributed by atoms with E-state index in [1.807, 2.05) is 0 Å². The number of hydrogen-bond acceptors (Lipinski definition) is 3. The molecule has 0 aliphatic heterocycles. The first kappa shape index (κ1) is 16.9. The SMILES string of the molecule is CC(C)CC(Br)CNS(=O)(=O)c1cc(Cl)c(Br)s1. The average molecular weight is 440 g/mol. The molecule has 0 spiro atoms. The molecule has 18 heavy (non-hydrogen) atoms. The van der Waals surface area contributed by atoms with Gasteiger partial charge >= 0.3 is 0 Å². The van der Waals surface area contributed by atoms with Crippen LogP contribution in [0.15, 0.2) is 14.1 Å². The van der Waals surface area contributed by atoms with Crippen LogP contribution in [0.4, 0.5) is 0 Å². The van der Waals surface area contributed by atoms with Crippen molar-refractivity contribution in [1.82, 2.24) is 4.72 Å². The summed E-state index contributed by atoms with van der Waals surface area (Å²) in [5.74, 6) is 0.518. The molecule has 0 fully saturated rings. The Balaban J connectivity index is 2.66. The summed E-state index contributed by atoms with van der Waals surface area (Å²) >= 11 is 13.6. The summed E-state index contributed by atoms with van der Waals surface area (Å²) in [6, 6.07) is 1.45. The Morgan fingerprint density at radius 3 is 2.56 bits per heavy atom. The largest absolute Gasteiger partial charge is 0.250 e. The van der Waals surface area contributed by atoms with E-state index in [9.17, 15) is 8.42 Å². The van der Waals surface area contributed by atoms with Crippen LogP contribution in [0.25, 0.3) is 0 Å². The minimum atomic E-state index is -3.47. The maximum absolute atomic E-state index is 12.0. The van der Waals surface area contributed by atoms with Crippen molar-refractivity contribution in [3.8, 4) is 0 Å². The van der Waals surface area contributed by atoms with Crippen LogP contribution in [0.3, 0.4) is 0 Å². The van der Waals surface area contributed by atoms with Crippen LogP contribution in [0.1, 0.15) is 20.3 Å². The minimum absolute atomic E-state index is 0.131. The first-order valence-electron chi connectivity index (χ1n) is 5.31. The van der Waals surface area contributed by atoms with Crippen LogP contribution in [0.2, 0.25) is 5.02 Å². The van der Waals surface area contributed by atoms with Crippen LogP contribution in [-0.2, 0) is 10.0 Å². The van der Waals surface area contributed by atoms with Crippen molar-refractivity contribution in [2.24, 2.45) is 5.92 Å². The van der Waals surface area contributed by atoms with Crippen molar-refractivity contribution < 1.29 is 8.42 Å². The van der Waals surface area contributed by atoms with E-state index >= 15 is 0 Å². The van der Waals surface area contributed by atoms with Crippen molar-refractivity contribution in [1.29, 1.82) is 0 Å². The Kier molecular flexibility index (Phi) is 6.61. The Labute approximate surface area is 134 Å². The number of rotatable bonds is 6. The van der Waals surface area contributed by atoms with Gasteiger partial charge < -0.3 is 0 Å². The van der Waals surface area contributed by atoms with Gasteiger partial charge in [0.1, 0.15) is 4.21 Å². The molecule has 0 bridgehead atoms. The lowest BCUT2D eigenvalue weighted by atomic mass is 10.1. The number of thiophene rings is 1. The maximum atomic E-state index is 12.0. The second-order valence-electron chi connectivity index (χ2n) is 4.27. The van der Waals surface area contributed by atoms with Gasteiger partial charge in [-0.3, -0.25) is 0 Å². The van der Waals surface area contributed by atoms with Gasteiger partial charge in [0.05, 0.1) is 8.81 Å². The van der Waals surface area contributed by atoms with Gasteiger partial charge in [-0.15, -0.1) is 11.3 Å². The van der Waals surface area contributed by atoms with Crippen LogP contribution >= 0.6 is 54.8 Å². The normalized spacial score (nSPS) is 14.1. The van der Waals surface area contributed by atoms with Crippen molar-refractivity contribution in [2.75, 3.05) is 6.54 Å². The topological polar surface area (TPSA) is 46.2 Å². The van der Waals surface area contributed by atoms with E-state index in [0.717, 1.165) is 17.8 Å². The molecular formula is C10H14Br2ClNO2S2. The monoisotopic (exact) mass is 437 g/mol. The van der Waals surface area contributed by atoms with Crippen molar-refractivity contribution in [3.63, 3.8) is 0 Å². The molecule has 104 valence electrons. The first-order chi connectivity index (χ1) is 8.22. The van der Waals surface area contributed by atoms with Gasteiger partial charge in [-0.25, -0.2) is 13.1 Å². The number of hydrogen-bond donors (Lipinski definition) is 1. The number of sulfonamides is 1. The summed E-state index contributed by atoms with van der Waals surface area (Å²) in [4.78, 5) is 0.131. The van der Waals surface area contributed by atoms with Crippen LogP contribution in [0, 0.1) is 5.92 Å². The molecule has 1 heterocycles. The third-order valence-electron chi connectivity index (χ3n) is 2.11. The summed E-state index contributed by atoms with van der Waals surface area (Å²) in [7, 11) is -3.47. The second-order valence-corrected chi connectivity index (χ2v) is 10.3. The van der Waals surface area contributed by atoms with Gasteiger partial charge in [0.2, 0.25) is 10.0 Å². The highest BCUT2D eigenvalue weighted by Gasteiger charge is 2.20. The van der Waals surface area contributed by atoms with Gasteiger partial charge in [-0.2, -0.15) is 0 Å². The van der Waals surface area contributed by atoms with E-state index in [1.165, 1.54) is 6.07 Å². The predicted octanol–water partition coefficient (Wildman–Crippen LogP) is 4.25. The lowest BCUT2D eigenvalue weighted by molar-refractivity contribution is 0.552. The first-order valence-corrected chi connectivity index (χ1v) is 9.69. The summed E-state index contributed by atoms with van der Waals surface area (Å²) in [5.41, 5.74) is 0. The summed E-state index contributed by atoms with van der Waals surface area (Å²) in [6.07, 6.45) is 0.914. The quantitative estimate of drug-likeness (QED) is 0.674. The number of halogens is 3. The molecule has 8 heteroatoms. The standard InChI is InChI=1S/C10H14Br2ClNO2S2/c1-6(2)3-7(11)5-14-18(15,16)9-4-8(13)10(12)17-9/h4,6-7,14H,3,5H2,1-2H3. The molecule has 3 nitrogen and oxygen atoms in total. The Hall–Kier alpha value is 0.860.